The van der Waals surface area contributed by atoms with Crippen LogP contribution in [0.2, 0.25) is 0 Å². The van der Waals surface area contributed by atoms with Crippen LogP contribution in [0.15, 0.2) is 66.4 Å². The first kappa shape index (κ1) is 18.1. The Labute approximate surface area is 173 Å². The predicted octanol–water partition coefficient (Wildman–Crippen LogP) is 5.84. The monoisotopic (exact) mass is 401 g/mol. The Morgan fingerprint density at radius 1 is 1.14 bits per heavy atom. The first-order chi connectivity index (χ1) is 14.3. The molecule has 146 valence electrons. The van der Waals surface area contributed by atoms with Crippen molar-refractivity contribution in [3.05, 3.63) is 71.9 Å². The molecule has 2 heterocycles. The molecule has 0 spiro atoms. The number of amides is 1. The summed E-state index contributed by atoms with van der Waals surface area (Å²) in [4.78, 5) is 18.3. The van der Waals surface area contributed by atoms with Crippen LogP contribution in [-0.4, -0.2) is 21.8 Å². The van der Waals surface area contributed by atoms with Gasteiger partial charge in [-0.15, -0.1) is 0 Å². The summed E-state index contributed by atoms with van der Waals surface area (Å²) in [5.74, 6) is -0.000626. The fraction of sp³-hybridized carbons (Fsp3) is 0.250. The van der Waals surface area contributed by atoms with Gasteiger partial charge >= 0.3 is 0 Å². The molecule has 0 atom stereocenters. The van der Waals surface area contributed by atoms with Gasteiger partial charge in [-0.05, 0) is 50.3 Å². The Balaban J connectivity index is 1.33. The summed E-state index contributed by atoms with van der Waals surface area (Å²) in [7, 11) is 0. The molecule has 0 unspecified atom stereocenters. The van der Waals surface area contributed by atoms with Crippen molar-refractivity contribution in [1.82, 2.24) is 14.7 Å². The summed E-state index contributed by atoms with van der Waals surface area (Å²) in [6.07, 6.45) is 10.3. The van der Waals surface area contributed by atoms with Crippen molar-refractivity contribution in [2.24, 2.45) is 0 Å². The number of carbonyl (C=O) groups excluding carboxylic acids is 1. The summed E-state index contributed by atoms with van der Waals surface area (Å²) in [6.45, 7) is 0.705. The Hall–Kier alpha value is -2.92. The number of aromatic nitrogens is 2. The van der Waals surface area contributed by atoms with Crippen LogP contribution in [0.1, 0.15) is 42.5 Å². The second-order valence-corrected chi connectivity index (χ2v) is 8.55. The van der Waals surface area contributed by atoms with Crippen LogP contribution >= 0.6 is 11.3 Å². The number of allylic oxidation sites excluding steroid dienone is 1. The number of carbonyl (C=O) groups is 1. The van der Waals surface area contributed by atoms with Gasteiger partial charge in [0.2, 0.25) is 0 Å². The number of nitrogens with one attached hydrogen (secondary N) is 1. The molecule has 29 heavy (non-hydrogen) atoms. The molecule has 1 N–H and O–H groups in total. The van der Waals surface area contributed by atoms with Crippen molar-refractivity contribution in [1.29, 1.82) is 0 Å². The third-order valence-electron chi connectivity index (χ3n) is 5.54. The van der Waals surface area contributed by atoms with Crippen LogP contribution in [0.5, 0.6) is 0 Å². The van der Waals surface area contributed by atoms with E-state index in [4.69, 9.17) is 4.98 Å². The quantitative estimate of drug-likeness (QED) is 0.427. The lowest BCUT2D eigenvalue weighted by atomic mass is 9.97. The summed E-state index contributed by atoms with van der Waals surface area (Å²) in [6, 6.07) is 16.1. The third kappa shape index (κ3) is 3.70. The molecule has 1 aliphatic rings. The molecule has 0 fully saturated rings. The number of imidazole rings is 1. The molecule has 5 heteroatoms. The van der Waals surface area contributed by atoms with Crippen molar-refractivity contribution >= 4 is 32.4 Å². The van der Waals surface area contributed by atoms with Crippen LogP contribution in [-0.2, 0) is 0 Å². The largest absolute Gasteiger partial charge is 0.352 e. The van der Waals surface area contributed by atoms with E-state index in [2.05, 4.69) is 34.1 Å². The normalized spacial score (nSPS) is 14.3. The molecular formula is C24H23N3OS. The molecule has 1 aliphatic carbocycles. The molecule has 0 aliphatic heterocycles. The van der Waals surface area contributed by atoms with E-state index in [0.717, 1.165) is 32.9 Å². The van der Waals surface area contributed by atoms with Gasteiger partial charge in [0.05, 0.1) is 15.9 Å². The predicted molar refractivity (Wildman–Crippen MR) is 120 cm³/mol. The highest BCUT2D eigenvalue weighted by molar-refractivity contribution is 7.23. The summed E-state index contributed by atoms with van der Waals surface area (Å²) in [5, 5.41) is 3.07. The van der Waals surface area contributed by atoms with Gasteiger partial charge in [-0.2, -0.15) is 0 Å². The maximum absolute atomic E-state index is 12.6. The molecule has 0 bridgehead atoms. The molecule has 0 radical (unpaired) electrons. The zero-order valence-electron chi connectivity index (χ0n) is 16.2. The topological polar surface area (TPSA) is 46.4 Å². The van der Waals surface area contributed by atoms with Crippen LogP contribution in [0, 0.1) is 0 Å². The number of rotatable bonds is 5. The fourth-order valence-electron chi connectivity index (χ4n) is 3.96. The van der Waals surface area contributed by atoms with Crippen molar-refractivity contribution in [3.8, 4) is 11.3 Å². The van der Waals surface area contributed by atoms with E-state index in [-0.39, 0.29) is 5.91 Å². The molecule has 2 aromatic carbocycles. The molecule has 2 aromatic heterocycles. The average Bonchev–Trinajstić information content (AvgIpc) is 3.32. The zero-order chi connectivity index (χ0) is 19.6. The first-order valence-electron chi connectivity index (χ1n) is 10.2. The number of fused-ring (bicyclic) bond motifs is 3. The van der Waals surface area contributed by atoms with Crippen LogP contribution in [0.3, 0.4) is 0 Å². The van der Waals surface area contributed by atoms with E-state index >= 15 is 0 Å². The van der Waals surface area contributed by atoms with Gasteiger partial charge < -0.3 is 5.32 Å². The maximum Gasteiger partial charge on any atom is 0.251 e. The summed E-state index contributed by atoms with van der Waals surface area (Å²) < 4.78 is 3.19. The average molecular weight is 402 g/mol. The minimum Gasteiger partial charge on any atom is -0.352 e. The number of nitrogens with zero attached hydrogens (tertiary/aromatic N) is 2. The smallest absolute Gasteiger partial charge is 0.251 e. The van der Waals surface area contributed by atoms with Crippen molar-refractivity contribution < 1.29 is 4.79 Å². The highest BCUT2D eigenvalue weighted by Gasteiger charge is 2.13. The Bertz CT molecular complexity index is 1200. The molecular weight excluding hydrogens is 378 g/mol. The highest BCUT2D eigenvalue weighted by Crippen LogP contribution is 2.30. The van der Waals surface area contributed by atoms with E-state index in [9.17, 15) is 4.79 Å². The van der Waals surface area contributed by atoms with E-state index in [1.165, 1.54) is 31.3 Å². The lowest BCUT2D eigenvalue weighted by Gasteiger charge is -2.13. The van der Waals surface area contributed by atoms with E-state index in [0.29, 0.717) is 12.1 Å². The van der Waals surface area contributed by atoms with Crippen LogP contribution in [0.4, 0.5) is 0 Å². The van der Waals surface area contributed by atoms with Gasteiger partial charge in [-0.25, -0.2) is 4.98 Å². The second kappa shape index (κ2) is 7.84. The van der Waals surface area contributed by atoms with Gasteiger partial charge in [-0.1, -0.05) is 53.3 Å². The second-order valence-electron chi connectivity index (χ2n) is 7.54. The van der Waals surface area contributed by atoms with E-state index < -0.39 is 0 Å². The van der Waals surface area contributed by atoms with Crippen molar-refractivity contribution in [2.45, 2.75) is 32.1 Å². The molecule has 0 saturated carbocycles. The minimum absolute atomic E-state index is 0.000626. The van der Waals surface area contributed by atoms with Crippen molar-refractivity contribution in [2.75, 3.05) is 6.54 Å². The molecule has 0 saturated heterocycles. The van der Waals surface area contributed by atoms with Crippen LogP contribution in [0.25, 0.3) is 26.4 Å². The zero-order valence-corrected chi connectivity index (χ0v) is 17.0. The fourth-order valence-corrected chi connectivity index (χ4v) is 5.01. The van der Waals surface area contributed by atoms with E-state index in [1.54, 1.807) is 11.3 Å². The van der Waals surface area contributed by atoms with Gasteiger partial charge in [0.25, 0.3) is 5.91 Å². The number of hydrogen-bond donors (Lipinski definition) is 1. The first-order valence-corrected chi connectivity index (χ1v) is 11.0. The molecule has 4 nitrogen and oxygen atoms in total. The van der Waals surface area contributed by atoms with Gasteiger partial charge in [0, 0.05) is 23.9 Å². The number of benzene rings is 2. The van der Waals surface area contributed by atoms with E-state index in [1.807, 2.05) is 36.4 Å². The lowest BCUT2D eigenvalue weighted by Crippen LogP contribution is -2.24. The molecule has 5 rings (SSSR count). The van der Waals surface area contributed by atoms with Gasteiger partial charge in [0.1, 0.15) is 0 Å². The highest BCUT2D eigenvalue weighted by atomic mass is 32.1. The third-order valence-corrected chi connectivity index (χ3v) is 6.56. The maximum atomic E-state index is 12.6. The standard InChI is InChI=1S/C24H23N3OS/c28-23(25-14-13-17-7-3-1-4-8-17)19-11-12-21-22(15-19)29-24-26-20(16-27(21)24)18-9-5-2-6-10-18/h2,5-7,9-12,15-16H,1,3-4,8,13-14H2,(H,25,28). The SMILES string of the molecule is O=C(NCCC1=CCCCC1)c1ccc2c(c1)sc1nc(-c3ccccc3)cn12. The molecule has 1 amide bonds. The van der Waals surface area contributed by atoms with Crippen molar-refractivity contribution in [3.63, 3.8) is 0 Å². The Kier molecular flexibility index (Phi) is 4.90. The lowest BCUT2D eigenvalue weighted by molar-refractivity contribution is 0.0954. The minimum atomic E-state index is -0.000626. The van der Waals surface area contributed by atoms with Gasteiger partial charge in [0.15, 0.2) is 4.96 Å². The number of thiazole rings is 1. The Morgan fingerprint density at radius 3 is 2.86 bits per heavy atom. The molecule has 4 aromatic rings. The number of hydrogen-bond acceptors (Lipinski definition) is 3. The Morgan fingerprint density at radius 2 is 2.03 bits per heavy atom. The summed E-state index contributed by atoms with van der Waals surface area (Å²) >= 11 is 1.62. The van der Waals surface area contributed by atoms with Crippen LogP contribution < -0.4 is 5.32 Å². The van der Waals surface area contributed by atoms with Gasteiger partial charge in [-0.3, -0.25) is 9.20 Å². The summed E-state index contributed by atoms with van der Waals surface area (Å²) in [5.41, 5.74) is 5.37.